The molecular formula is C10H14N2O3S2. The first-order valence-electron chi connectivity index (χ1n) is 5.14. The Hall–Kier alpha value is -0.600. The Morgan fingerprint density at radius 3 is 2.94 bits per heavy atom. The number of hydrogen-bond donors (Lipinski definition) is 3. The Kier molecular flexibility index (Phi) is 3.74. The topological polar surface area (TPSA) is 92.4 Å². The highest BCUT2D eigenvalue weighted by atomic mass is 32.2. The number of aliphatic hydroxyl groups excluding tert-OH is 1. The van der Waals surface area contributed by atoms with Crippen molar-refractivity contribution in [2.45, 2.75) is 16.9 Å². The molecule has 2 rings (SSSR count). The molecule has 0 saturated heterocycles. The van der Waals surface area contributed by atoms with Crippen LogP contribution in [-0.2, 0) is 10.2 Å². The molecule has 0 amide bonds. The zero-order chi connectivity index (χ0) is 12.5. The zero-order valence-electron chi connectivity index (χ0n) is 9.04. The molecule has 94 valence electrons. The van der Waals surface area contributed by atoms with E-state index in [0.717, 1.165) is 16.2 Å². The molecule has 7 heteroatoms. The molecule has 5 nitrogen and oxygen atoms in total. The third-order valence-corrected chi connectivity index (χ3v) is 4.47. The SMILES string of the molecule is NS(=O)(=O)NCC(O)C1CSc2ccccc21. The lowest BCUT2D eigenvalue weighted by molar-refractivity contribution is 0.155. The van der Waals surface area contributed by atoms with Crippen LogP contribution in [0.5, 0.6) is 0 Å². The van der Waals surface area contributed by atoms with Gasteiger partial charge in [0.1, 0.15) is 0 Å². The average Bonchev–Trinajstić information content (AvgIpc) is 2.68. The fraction of sp³-hybridized carbons (Fsp3) is 0.400. The van der Waals surface area contributed by atoms with E-state index >= 15 is 0 Å². The monoisotopic (exact) mass is 274 g/mol. The lowest BCUT2D eigenvalue weighted by atomic mass is 9.96. The Bertz CT molecular complexity index is 504. The highest BCUT2D eigenvalue weighted by Gasteiger charge is 2.29. The normalized spacial score (nSPS) is 21.2. The van der Waals surface area contributed by atoms with Gasteiger partial charge < -0.3 is 5.11 Å². The summed E-state index contributed by atoms with van der Waals surface area (Å²) in [5, 5.41) is 14.8. The Morgan fingerprint density at radius 1 is 1.53 bits per heavy atom. The molecule has 1 aliphatic heterocycles. The lowest BCUT2D eigenvalue weighted by Gasteiger charge is -2.18. The summed E-state index contributed by atoms with van der Waals surface area (Å²) in [6.07, 6.45) is -0.760. The Morgan fingerprint density at radius 2 is 2.24 bits per heavy atom. The molecule has 0 fully saturated rings. The number of thioether (sulfide) groups is 1. The largest absolute Gasteiger partial charge is 0.391 e. The second kappa shape index (κ2) is 4.95. The van der Waals surface area contributed by atoms with Gasteiger partial charge in [0, 0.05) is 23.1 Å². The van der Waals surface area contributed by atoms with Crippen LogP contribution < -0.4 is 9.86 Å². The predicted octanol–water partition coefficient (Wildman–Crippen LogP) is 0.0299. The van der Waals surface area contributed by atoms with Crippen LogP contribution in [-0.4, -0.2) is 31.9 Å². The van der Waals surface area contributed by atoms with Gasteiger partial charge in [-0.15, -0.1) is 11.8 Å². The van der Waals surface area contributed by atoms with Crippen molar-refractivity contribution in [3.63, 3.8) is 0 Å². The van der Waals surface area contributed by atoms with Crippen molar-refractivity contribution in [3.8, 4) is 0 Å². The van der Waals surface area contributed by atoms with Crippen LogP contribution in [0.1, 0.15) is 11.5 Å². The fourth-order valence-corrected chi connectivity index (χ4v) is 3.57. The number of fused-ring (bicyclic) bond motifs is 1. The molecule has 2 atom stereocenters. The van der Waals surface area contributed by atoms with Crippen molar-refractivity contribution in [2.24, 2.45) is 5.14 Å². The Balaban J connectivity index is 2.05. The summed E-state index contributed by atoms with van der Waals surface area (Å²) in [5.74, 6) is 0.706. The van der Waals surface area contributed by atoms with Gasteiger partial charge in [0.25, 0.3) is 10.2 Å². The van der Waals surface area contributed by atoms with Crippen LogP contribution in [0.3, 0.4) is 0 Å². The number of nitrogens with one attached hydrogen (secondary N) is 1. The molecule has 17 heavy (non-hydrogen) atoms. The van der Waals surface area contributed by atoms with E-state index in [0.29, 0.717) is 0 Å². The first-order valence-corrected chi connectivity index (χ1v) is 7.68. The fourth-order valence-electron chi connectivity index (χ4n) is 1.85. The quantitative estimate of drug-likeness (QED) is 0.722. The van der Waals surface area contributed by atoms with E-state index in [2.05, 4.69) is 4.72 Å². The molecule has 1 aliphatic rings. The van der Waals surface area contributed by atoms with E-state index < -0.39 is 16.3 Å². The first kappa shape index (κ1) is 12.8. The van der Waals surface area contributed by atoms with E-state index in [4.69, 9.17) is 5.14 Å². The molecule has 0 bridgehead atoms. The summed E-state index contributed by atoms with van der Waals surface area (Å²) in [4.78, 5) is 1.15. The second-order valence-electron chi connectivity index (χ2n) is 3.92. The second-order valence-corrected chi connectivity index (χ2v) is 6.36. The molecular weight excluding hydrogens is 260 g/mol. The molecule has 0 spiro atoms. The van der Waals surface area contributed by atoms with E-state index in [1.165, 1.54) is 0 Å². The lowest BCUT2D eigenvalue weighted by Crippen LogP contribution is -2.39. The number of rotatable bonds is 4. The van der Waals surface area contributed by atoms with Crippen molar-refractivity contribution in [3.05, 3.63) is 29.8 Å². The molecule has 1 aromatic rings. The van der Waals surface area contributed by atoms with Crippen LogP contribution in [0.2, 0.25) is 0 Å². The van der Waals surface area contributed by atoms with Gasteiger partial charge in [-0.1, -0.05) is 18.2 Å². The third kappa shape index (κ3) is 3.20. The smallest absolute Gasteiger partial charge is 0.274 e. The zero-order valence-corrected chi connectivity index (χ0v) is 10.7. The van der Waals surface area contributed by atoms with E-state index in [1.807, 2.05) is 24.3 Å². The van der Waals surface area contributed by atoms with Crippen LogP contribution in [0.25, 0.3) is 0 Å². The summed E-state index contributed by atoms with van der Waals surface area (Å²) in [6.45, 7) is -0.0571. The summed E-state index contributed by atoms with van der Waals surface area (Å²) in [7, 11) is -3.74. The number of benzene rings is 1. The standard InChI is InChI=1S/C10H14N2O3S2/c11-17(14,15)12-5-9(13)8-6-16-10-4-2-1-3-7(8)10/h1-4,8-9,12-13H,5-6H2,(H2,11,14,15). The van der Waals surface area contributed by atoms with Gasteiger partial charge in [-0.2, -0.15) is 13.1 Å². The van der Waals surface area contributed by atoms with E-state index in [9.17, 15) is 13.5 Å². The summed E-state index contributed by atoms with van der Waals surface area (Å²) < 4.78 is 23.6. The minimum Gasteiger partial charge on any atom is -0.391 e. The Labute approximate surface area is 105 Å². The molecule has 4 N–H and O–H groups in total. The average molecular weight is 274 g/mol. The number of nitrogens with two attached hydrogens (primary N) is 1. The molecule has 0 radical (unpaired) electrons. The van der Waals surface area contributed by atoms with Gasteiger partial charge in [-0.05, 0) is 11.6 Å². The molecule has 2 unspecified atom stereocenters. The van der Waals surface area contributed by atoms with Gasteiger partial charge in [0.2, 0.25) is 0 Å². The maximum absolute atomic E-state index is 10.7. The van der Waals surface area contributed by atoms with Crippen molar-refractivity contribution in [1.82, 2.24) is 4.72 Å². The molecule has 0 aromatic heterocycles. The summed E-state index contributed by atoms with van der Waals surface area (Å²) >= 11 is 1.67. The highest BCUT2D eigenvalue weighted by molar-refractivity contribution is 7.99. The van der Waals surface area contributed by atoms with Crippen LogP contribution in [0.15, 0.2) is 29.2 Å². The van der Waals surface area contributed by atoms with E-state index in [1.54, 1.807) is 11.8 Å². The summed E-state index contributed by atoms with van der Waals surface area (Å²) in [6, 6.07) is 7.82. The minimum absolute atomic E-state index is 0.0505. The van der Waals surface area contributed by atoms with Crippen LogP contribution in [0.4, 0.5) is 0 Å². The predicted molar refractivity (Wildman–Crippen MR) is 67.0 cm³/mol. The first-order chi connectivity index (χ1) is 7.97. The number of hydrogen-bond acceptors (Lipinski definition) is 4. The summed E-state index contributed by atoms with van der Waals surface area (Å²) in [5.41, 5.74) is 1.07. The third-order valence-electron chi connectivity index (χ3n) is 2.69. The van der Waals surface area contributed by atoms with Gasteiger partial charge >= 0.3 is 0 Å². The minimum atomic E-state index is -3.74. The van der Waals surface area contributed by atoms with Crippen molar-refractivity contribution >= 4 is 22.0 Å². The van der Waals surface area contributed by atoms with Gasteiger partial charge in [-0.25, -0.2) is 5.14 Å². The van der Waals surface area contributed by atoms with Crippen molar-refractivity contribution in [1.29, 1.82) is 0 Å². The number of aliphatic hydroxyl groups is 1. The maximum Gasteiger partial charge on any atom is 0.274 e. The molecule has 1 heterocycles. The van der Waals surface area contributed by atoms with Gasteiger partial charge in [-0.3, -0.25) is 0 Å². The van der Waals surface area contributed by atoms with Crippen molar-refractivity contribution in [2.75, 3.05) is 12.3 Å². The van der Waals surface area contributed by atoms with Crippen molar-refractivity contribution < 1.29 is 13.5 Å². The maximum atomic E-state index is 10.7. The van der Waals surface area contributed by atoms with Gasteiger partial charge in [0.05, 0.1) is 6.10 Å². The van der Waals surface area contributed by atoms with Crippen LogP contribution >= 0.6 is 11.8 Å². The van der Waals surface area contributed by atoms with E-state index in [-0.39, 0.29) is 12.5 Å². The molecule has 1 aromatic carbocycles. The highest BCUT2D eigenvalue weighted by Crippen LogP contribution is 2.40. The molecule has 0 aliphatic carbocycles. The van der Waals surface area contributed by atoms with Gasteiger partial charge in [0.15, 0.2) is 0 Å². The van der Waals surface area contributed by atoms with Crippen LogP contribution in [0, 0.1) is 0 Å². The molecule has 0 saturated carbocycles.